The average molecular weight is 327 g/mol. The van der Waals surface area contributed by atoms with E-state index in [1.165, 1.54) is 12.1 Å². The topological polar surface area (TPSA) is 59.6 Å². The van der Waals surface area contributed by atoms with E-state index >= 15 is 0 Å². The summed E-state index contributed by atoms with van der Waals surface area (Å²) in [5.41, 5.74) is 7.95. The van der Waals surface area contributed by atoms with Crippen molar-refractivity contribution in [1.82, 2.24) is 0 Å². The molecule has 0 saturated heterocycles. The molecule has 4 nitrogen and oxygen atoms in total. The maximum Gasteiger partial charge on any atom is 0.193 e. The van der Waals surface area contributed by atoms with Gasteiger partial charge < -0.3 is 15.8 Å². The van der Waals surface area contributed by atoms with E-state index in [0.29, 0.717) is 11.9 Å². The highest BCUT2D eigenvalue weighted by atomic mass is 19.1. The number of benzene rings is 2. The number of halogens is 1. The molecule has 2 aromatic rings. The lowest BCUT2D eigenvalue weighted by atomic mass is 10.1. The molecular weight excluding hydrogens is 305 g/mol. The van der Waals surface area contributed by atoms with Crippen LogP contribution in [0, 0.1) is 5.82 Å². The summed E-state index contributed by atoms with van der Waals surface area (Å²) < 4.78 is 18.6. The lowest BCUT2D eigenvalue weighted by Gasteiger charge is -2.11. The van der Waals surface area contributed by atoms with Gasteiger partial charge in [0.1, 0.15) is 11.6 Å². The molecule has 0 unspecified atom stereocenters. The summed E-state index contributed by atoms with van der Waals surface area (Å²) in [6.07, 6.45) is 1.09. The second-order valence-corrected chi connectivity index (χ2v) is 6.29. The molecule has 2 atom stereocenters. The standard InChI is InChI=1S/C19H22FN3O/c1-12(2)24-16-9-7-15(8-10-16)22-19(21)23-18-11-17(18)13-3-5-14(20)6-4-13/h3-10,12,17-18H,11H2,1-2H3,(H3,21,22,23)/t17-,18+/m0/s1. The SMILES string of the molecule is CC(C)Oc1ccc(NC(N)=N[C@@H]2C[C@H]2c2ccc(F)cc2)cc1. The first-order chi connectivity index (χ1) is 11.5. The highest BCUT2D eigenvalue weighted by Gasteiger charge is 2.38. The Morgan fingerprint density at radius 3 is 2.46 bits per heavy atom. The van der Waals surface area contributed by atoms with Gasteiger partial charge >= 0.3 is 0 Å². The lowest BCUT2D eigenvalue weighted by Crippen LogP contribution is -2.23. The second-order valence-electron chi connectivity index (χ2n) is 6.29. The quantitative estimate of drug-likeness (QED) is 0.647. The average Bonchev–Trinajstić information content (AvgIpc) is 3.28. The van der Waals surface area contributed by atoms with Crippen molar-refractivity contribution in [2.45, 2.75) is 38.3 Å². The minimum absolute atomic E-state index is 0.147. The molecule has 0 radical (unpaired) electrons. The fraction of sp³-hybridized carbons (Fsp3) is 0.316. The maximum absolute atomic E-state index is 13.0. The predicted molar refractivity (Wildman–Crippen MR) is 95.0 cm³/mol. The van der Waals surface area contributed by atoms with Crippen LogP contribution in [0.4, 0.5) is 10.1 Å². The summed E-state index contributed by atoms with van der Waals surface area (Å²) in [4.78, 5) is 4.49. The van der Waals surface area contributed by atoms with Crippen LogP contribution in [0.3, 0.4) is 0 Å². The second kappa shape index (κ2) is 6.91. The van der Waals surface area contributed by atoms with E-state index in [0.717, 1.165) is 23.4 Å². The third-order valence-corrected chi connectivity index (χ3v) is 3.86. The molecule has 0 aromatic heterocycles. The fourth-order valence-electron chi connectivity index (χ4n) is 2.64. The van der Waals surface area contributed by atoms with Gasteiger partial charge in [-0.15, -0.1) is 0 Å². The van der Waals surface area contributed by atoms with E-state index in [-0.39, 0.29) is 18.0 Å². The normalized spacial score (nSPS) is 20.1. The van der Waals surface area contributed by atoms with Crippen LogP contribution in [-0.2, 0) is 0 Å². The highest BCUT2D eigenvalue weighted by Crippen LogP contribution is 2.43. The third kappa shape index (κ3) is 4.25. The van der Waals surface area contributed by atoms with Gasteiger partial charge in [0.25, 0.3) is 0 Å². The van der Waals surface area contributed by atoms with Gasteiger partial charge in [-0.25, -0.2) is 9.38 Å². The highest BCUT2D eigenvalue weighted by molar-refractivity contribution is 5.92. The van der Waals surface area contributed by atoms with Gasteiger partial charge in [0.05, 0.1) is 12.1 Å². The van der Waals surface area contributed by atoms with Gasteiger partial charge in [0.2, 0.25) is 0 Å². The Bertz CT molecular complexity index is 710. The molecule has 126 valence electrons. The number of rotatable bonds is 5. The Morgan fingerprint density at radius 2 is 1.83 bits per heavy atom. The first kappa shape index (κ1) is 16.3. The van der Waals surface area contributed by atoms with Crippen LogP contribution in [0.15, 0.2) is 53.5 Å². The Kier molecular flexibility index (Phi) is 4.69. The third-order valence-electron chi connectivity index (χ3n) is 3.86. The first-order valence-corrected chi connectivity index (χ1v) is 8.14. The summed E-state index contributed by atoms with van der Waals surface area (Å²) in [6, 6.07) is 14.4. The summed E-state index contributed by atoms with van der Waals surface area (Å²) in [6.45, 7) is 3.98. The lowest BCUT2D eigenvalue weighted by molar-refractivity contribution is 0.242. The van der Waals surface area contributed by atoms with Gasteiger partial charge in [-0.2, -0.15) is 0 Å². The molecule has 1 saturated carbocycles. The van der Waals surface area contributed by atoms with Crippen molar-refractivity contribution >= 4 is 11.6 Å². The van der Waals surface area contributed by atoms with Gasteiger partial charge in [0.15, 0.2) is 5.96 Å². The Balaban J connectivity index is 1.56. The van der Waals surface area contributed by atoms with Crippen molar-refractivity contribution in [2.75, 3.05) is 5.32 Å². The molecule has 0 bridgehead atoms. The minimum Gasteiger partial charge on any atom is -0.491 e. The molecule has 3 rings (SSSR count). The smallest absolute Gasteiger partial charge is 0.193 e. The number of guanidine groups is 1. The number of aliphatic imine (C=N–C) groups is 1. The molecule has 2 aromatic carbocycles. The maximum atomic E-state index is 13.0. The molecular formula is C19H22FN3O. The van der Waals surface area contributed by atoms with Crippen molar-refractivity contribution in [3.05, 3.63) is 59.9 Å². The van der Waals surface area contributed by atoms with Crippen LogP contribution in [0.25, 0.3) is 0 Å². The molecule has 0 aliphatic heterocycles. The summed E-state index contributed by atoms with van der Waals surface area (Å²) >= 11 is 0. The van der Waals surface area contributed by atoms with E-state index in [1.54, 1.807) is 0 Å². The Hall–Kier alpha value is -2.56. The molecule has 24 heavy (non-hydrogen) atoms. The van der Waals surface area contributed by atoms with Gasteiger partial charge in [-0.3, -0.25) is 0 Å². The zero-order chi connectivity index (χ0) is 17.1. The Labute approximate surface area is 141 Å². The molecule has 1 aliphatic rings. The number of hydrogen-bond acceptors (Lipinski definition) is 2. The van der Waals surface area contributed by atoms with Crippen LogP contribution in [0.1, 0.15) is 31.7 Å². The minimum atomic E-state index is -0.217. The summed E-state index contributed by atoms with van der Waals surface area (Å²) in [5.74, 6) is 1.32. The fourth-order valence-corrected chi connectivity index (χ4v) is 2.64. The van der Waals surface area contributed by atoms with Crippen LogP contribution < -0.4 is 15.8 Å². The van der Waals surface area contributed by atoms with Crippen molar-refractivity contribution in [3.63, 3.8) is 0 Å². The molecule has 1 aliphatic carbocycles. The van der Waals surface area contributed by atoms with Crippen LogP contribution >= 0.6 is 0 Å². The van der Waals surface area contributed by atoms with Crippen molar-refractivity contribution in [2.24, 2.45) is 10.7 Å². The molecule has 0 spiro atoms. The number of nitrogens with one attached hydrogen (secondary N) is 1. The van der Waals surface area contributed by atoms with Crippen LogP contribution in [0.5, 0.6) is 5.75 Å². The monoisotopic (exact) mass is 327 g/mol. The first-order valence-electron chi connectivity index (χ1n) is 8.14. The van der Waals surface area contributed by atoms with E-state index in [9.17, 15) is 4.39 Å². The van der Waals surface area contributed by atoms with Gasteiger partial charge in [-0.05, 0) is 62.2 Å². The zero-order valence-corrected chi connectivity index (χ0v) is 13.9. The number of nitrogens with two attached hydrogens (primary N) is 1. The number of anilines is 1. The summed E-state index contributed by atoms with van der Waals surface area (Å²) in [7, 11) is 0. The summed E-state index contributed by atoms with van der Waals surface area (Å²) in [5, 5.41) is 3.09. The van der Waals surface area contributed by atoms with E-state index in [2.05, 4.69) is 10.3 Å². The zero-order valence-electron chi connectivity index (χ0n) is 13.9. The van der Waals surface area contributed by atoms with Crippen LogP contribution in [-0.4, -0.2) is 18.1 Å². The van der Waals surface area contributed by atoms with Gasteiger partial charge in [-0.1, -0.05) is 12.1 Å². The largest absolute Gasteiger partial charge is 0.491 e. The van der Waals surface area contributed by atoms with Crippen LogP contribution in [0.2, 0.25) is 0 Å². The molecule has 5 heteroatoms. The van der Waals surface area contributed by atoms with E-state index in [4.69, 9.17) is 10.5 Å². The van der Waals surface area contributed by atoms with Crippen molar-refractivity contribution < 1.29 is 9.13 Å². The molecule has 1 fully saturated rings. The van der Waals surface area contributed by atoms with E-state index < -0.39 is 0 Å². The van der Waals surface area contributed by atoms with Gasteiger partial charge in [0, 0.05) is 11.6 Å². The molecule has 3 N–H and O–H groups in total. The Morgan fingerprint density at radius 1 is 1.17 bits per heavy atom. The van der Waals surface area contributed by atoms with Crippen molar-refractivity contribution in [3.8, 4) is 5.75 Å². The molecule has 0 amide bonds. The predicted octanol–water partition coefficient (Wildman–Crippen LogP) is 3.90. The van der Waals surface area contributed by atoms with E-state index in [1.807, 2.05) is 50.2 Å². The number of nitrogens with zero attached hydrogens (tertiary/aromatic N) is 1. The molecule has 0 heterocycles. The number of ether oxygens (including phenoxy) is 1. The van der Waals surface area contributed by atoms with Crippen molar-refractivity contribution in [1.29, 1.82) is 0 Å². The number of hydrogen-bond donors (Lipinski definition) is 2.